The van der Waals surface area contributed by atoms with Crippen molar-refractivity contribution in [3.8, 4) is 5.75 Å². The molecule has 2 fully saturated rings. The topological polar surface area (TPSA) is 97.1 Å². The molecule has 2 saturated heterocycles. The van der Waals surface area contributed by atoms with Gasteiger partial charge in [-0.1, -0.05) is 48.9 Å². The van der Waals surface area contributed by atoms with Gasteiger partial charge >= 0.3 is 5.69 Å². The summed E-state index contributed by atoms with van der Waals surface area (Å²) in [6.45, 7) is 8.36. The number of aromatic nitrogens is 2. The first-order chi connectivity index (χ1) is 21.7. The average Bonchev–Trinajstić information content (AvgIpc) is 3.66. The lowest BCUT2D eigenvalue weighted by molar-refractivity contribution is -0.132. The largest absolute Gasteiger partial charge is 0.497 e. The van der Waals surface area contributed by atoms with Crippen molar-refractivity contribution >= 4 is 38.6 Å². The summed E-state index contributed by atoms with van der Waals surface area (Å²) in [5.74, 6) is 0.230. The molecular formula is C33H38ClN5O5S. The minimum Gasteiger partial charge on any atom is -0.497 e. The minimum absolute atomic E-state index is 0.0802. The van der Waals surface area contributed by atoms with Crippen LogP contribution in [0.3, 0.4) is 0 Å². The molecular weight excluding hydrogens is 614 g/mol. The van der Waals surface area contributed by atoms with Crippen LogP contribution in [0.5, 0.6) is 5.75 Å². The van der Waals surface area contributed by atoms with Gasteiger partial charge in [-0.25, -0.2) is 13.2 Å². The van der Waals surface area contributed by atoms with Gasteiger partial charge in [-0.15, -0.1) is 0 Å². The van der Waals surface area contributed by atoms with E-state index < -0.39 is 21.8 Å². The van der Waals surface area contributed by atoms with E-state index in [1.54, 1.807) is 24.3 Å². The van der Waals surface area contributed by atoms with E-state index in [0.717, 1.165) is 49.5 Å². The Hall–Kier alpha value is -3.64. The van der Waals surface area contributed by atoms with E-state index in [-0.39, 0.29) is 27.9 Å². The molecule has 2 atom stereocenters. The van der Waals surface area contributed by atoms with Crippen molar-refractivity contribution in [3.05, 3.63) is 93.9 Å². The first-order valence-electron chi connectivity index (χ1n) is 15.3. The van der Waals surface area contributed by atoms with E-state index in [1.165, 1.54) is 42.0 Å². The van der Waals surface area contributed by atoms with Crippen LogP contribution in [0.25, 0.3) is 11.0 Å². The molecule has 0 radical (unpaired) electrons. The van der Waals surface area contributed by atoms with Crippen LogP contribution in [0, 0.1) is 0 Å². The normalized spacial score (nSPS) is 18.8. The van der Waals surface area contributed by atoms with Crippen molar-refractivity contribution in [3.63, 3.8) is 0 Å². The van der Waals surface area contributed by atoms with Gasteiger partial charge in [0, 0.05) is 50.3 Å². The maximum atomic E-state index is 14.5. The van der Waals surface area contributed by atoms with Crippen LogP contribution >= 0.6 is 11.6 Å². The van der Waals surface area contributed by atoms with Crippen molar-refractivity contribution < 1.29 is 17.9 Å². The van der Waals surface area contributed by atoms with Gasteiger partial charge in [0.05, 0.1) is 23.0 Å². The number of methoxy groups -OCH3 is 1. The summed E-state index contributed by atoms with van der Waals surface area (Å²) >= 11 is 6.42. The fourth-order valence-electron chi connectivity index (χ4n) is 6.62. The van der Waals surface area contributed by atoms with Crippen molar-refractivity contribution in [1.29, 1.82) is 0 Å². The van der Waals surface area contributed by atoms with Crippen LogP contribution in [0.2, 0.25) is 5.02 Å². The number of ether oxygens (including phenoxy) is 1. The van der Waals surface area contributed by atoms with E-state index in [1.807, 2.05) is 23.1 Å². The second-order valence-corrected chi connectivity index (χ2v) is 13.9. The molecule has 4 aromatic rings. The first kappa shape index (κ1) is 31.3. The van der Waals surface area contributed by atoms with E-state index in [4.69, 9.17) is 16.3 Å². The molecule has 2 aliphatic rings. The number of nitrogens with zero attached hydrogens (tertiary/aromatic N) is 5. The first-order valence-corrected chi connectivity index (χ1v) is 17.2. The summed E-state index contributed by atoms with van der Waals surface area (Å²) in [4.78, 5) is 35.6. The highest BCUT2D eigenvalue weighted by Crippen LogP contribution is 2.31. The third-order valence-electron chi connectivity index (χ3n) is 8.94. The molecule has 10 nitrogen and oxygen atoms in total. The molecule has 1 aromatic heterocycles. The predicted molar refractivity (Wildman–Crippen MR) is 175 cm³/mol. The third kappa shape index (κ3) is 6.02. The van der Waals surface area contributed by atoms with Crippen LogP contribution in [0.4, 0.5) is 0 Å². The van der Waals surface area contributed by atoms with Gasteiger partial charge in [0.2, 0.25) is 0 Å². The van der Waals surface area contributed by atoms with Crippen LogP contribution in [0.1, 0.15) is 31.4 Å². The highest BCUT2D eigenvalue weighted by atomic mass is 35.5. The van der Waals surface area contributed by atoms with Gasteiger partial charge in [0.1, 0.15) is 11.8 Å². The van der Waals surface area contributed by atoms with Crippen molar-refractivity contribution in [2.45, 2.75) is 36.7 Å². The Bertz CT molecular complexity index is 1830. The lowest BCUT2D eigenvalue weighted by atomic mass is 10.0. The standard InChI is InChI=1S/C33H38ClN5O5S/c1-3-16-35-18-20-36(21-19-35)26-15-17-37(23-26)32(40)31(24-7-5-4-6-8-24)38-30-22-25(34)9-14-29(30)39(33(38)41)45(42,43)28-12-10-27(44-2)11-13-28/h4-14,22,26,31H,3,15-21,23H2,1-2H3/t26-,31?/m0/s1. The van der Waals surface area contributed by atoms with Crippen LogP contribution in [-0.2, 0) is 14.8 Å². The number of carbonyl (C=O) groups is 1. The molecule has 0 saturated carbocycles. The minimum atomic E-state index is -4.36. The third-order valence-corrected chi connectivity index (χ3v) is 10.9. The van der Waals surface area contributed by atoms with Crippen molar-refractivity contribution in [2.24, 2.45) is 0 Å². The summed E-state index contributed by atoms with van der Waals surface area (Å²) < 4.78 is 35.3. The Kier molecular flexibility index (Phi) is 9.05. The number of fused-ring (bicyclic) bond motifs is 1. The Labute approximate surface area is 268 Å². The zero-order chi connectivity index (χ0) is 31.7. The number of benzene rings is 3. The van der Waals surface area contributed by atoms with Gasteiger partial charge in [-0.05, 0) is 67.4 Å². The average molecular weight is 652 g/mol. The number of piperazine rings is 1. The summed E-state index contributed by atoms with van der Waals surface area (Å²) in [7, 11) is -2.87. The second kappa shape index (κ2) is 13.0. The molecule has 1 amide bonds. The van der Waals surface area contributed by atoms with E-state index in [0.29, 0.717) is 29.4 Å². The Morgan fingerprint density at radius 3 is 2.33 bits per heavy atom. The molecule has 0 bridgehead atoms. The highest BCUT2D eigenvalue weighted by molar-refractivity contribution is 7.90. The highest BCUT2D eigenvalue weighted by Gasteiger charge is 2.38. The SMILES string of the molecule is CCCN1CCN([C@H]2CCN(C(=O)C(c3ccccc3)n3c(=O)n(S(=O)(=O)c4ccc(OC)cc4)c4ccc(Cl)cc43)C2)CC1. The fourth-order valence-corrected chi connectivity index (χ4v) is 8.18. The van der Waals surface area contributed by atoms with Gasteiger partial charge < -0.3 is 14.5 Å². The zero-order valence-corrected chi connectivity index (χ0v) is 27.1. The molecule has 1 unspecified atom stereocenters. The number of likely N-dealkylation sites (tertiary alicyclic amines) is 1. The summed E-state index contributed by atoms with van der Waals surface area (Å²) in [6.07, 6.45) is 1.98. The summed E-state index contributed by atoms with van der Waals surface area (Å²) in [6, 6.07) is 18.6. The Morgan fingerprint density at radius 1 is 0.956 bits per heavy atom. The number of imidazole rings is 1. The second-order valence-electron chi connectivity index (χ2n) is 11.6. The number of hydrogen-bond donors (Lipinski definition) is 0. The summed E-state index contributed by atoms with van der Waals surface area (Å²) in [5.41, 5.74) is 0.142. The van der Waals surface area contributed by atoms with Gasteiger partial charge in [-0.2, -0.15) is 3.97 Å². The number of halogens is 1. The van der Waals surface area contributed by atoms with Gasteiger partial charge in [0.25, 0.3) is 15.9 Å². The molecule has 3 aromatic carbocycles. The van der Waals surface area contributed by atoms with Crippen LogP contribution in [0.15, 0.2) is 82.5 Å². The molecule has 0 spiro atoms. The smallest absolute Gasteiger partial charge is 0.344 e. The lowest BCUT2D eigenvalue weighted by Crippen LogP contribution is -2.51. The van der Waals surface area contributed by atoms with Gasteiger partial charge in [-0.3, -0.25) is 14.3 Å². The maximum absolute atomic E-state index is 14.5. The molecule has 0 N–H and O–H groups in total. The molecule has 12 heteroatoms. The van der Waals surface area contributed by atoms with E-state index >= 15 is 0 Å². The number of amides is 1. The maximum Gasteiger partial charge on any atom is 0.344 e. The predicted octanol–water partition coefficient (Wildman–Crippen LogP) is 3.92. The summed E-state index contributed by atoms with van der Waals surface area (Å²) in [5, 5.41) is 0.318. The monoisotopic (exact) mass is 651 g/mol. The quantitative estimate of drug-likeness (QED) is 0.271. The van der Waals surface area contributed by atoms with Gasteiger partial charge in [0.15, 0.2) is 0 Å². The van der Waals surface area contributed by atoms with Crippen LogP contribution in [-0.4, -0.2) is 96.5 Å². The van der Waals surface area contributed by atoms with Crippen LogP contribution < -0.4 is 10.4 Å². The molecule has 6 rings (SSSR count). The number of rotatable bonds is 9. The van der Waals surface area contributed by atoms with E-state index in [9.17, 15) is 18.0 Å². The fraction of sp³-hybridized carbons (Fsp3) is 0.394. The molecule has 45 heavy (non-hydrogen) atoms. The number of hydrogen-bond acceptors (Lipinski definition) is 7. The molecule has 3 heterocycles. The molecule has 238 valence electrons. The van der Waals surface area contributed by atoms with Crippen molar-refractivity contribution in [1.82, 2.24) is 23.2 Å². The van der Waals surface area contributed by atoms with Crippen molar-refractivity contribution in [2.75, 3.05) is 52.9 Å². The van der Waals surface area contributed by atoms with E-state index in [2.05, 4.69) is 16.7 Å². The molecule has 0 aliphatic carbocycles. The zero-order valence-electron chi connectivity index (χ0n) is 25.5. The lowest BCUT2D eigenvalue weighted by Gasteiger charge is -2.38. The Balaban J connectivity index is 1.40. The number of carbonyl (C=O) groups excluding carboxylic acids is 1. The Morgan fingerprint density at radius 2 is 1.67 bits per heavy atom. The molecule has 2 aliphatic heterocycles.